The third kappa shape index (κ3) is 8.92. The van der Waals surface area contributed by atoms with E-state index in [1.165, 1.54) is 67.6 Å². The first-order valence-electron chi connectivity index (χ1n) is 16.0. The number of sulfone groups is 1. The Morgan fingerprint density at radius 2 is 1.53 bits per heavy atom. The molecule has 0 radical (unpaired) electrons. The van der Waals surface area contributed by atoms with Gasteiger partial charge in [-0.2, -0.15) is 23.0 Å². The second-order valence-corrected chi connectivity index (χ2v) is 15.4. The predicted octanol–water partition coefficient (Wildman–Crippen LogP) is 4.87. The van der Waals surface area contributed by atoms with Crippen molar-refractivity contribution in [1.29, 1.82) is 5.26 Å². The Morgan fingerprint density at radius 3 is 2.07 bits per heavy atom. The Labute approximate surface area is 313 Å². The molecule has 4 aromatic carbocycles. The van der Waals surface area contributed by atoms with E-state index in [9.17, 15) is 49.4 Å². The molecular formula is C37H31F3N6O7S2. The SMILES string of the molecule is Cc1c(-c2n(-c3ccc(C#N)cc3)cc[n+]2C)n(C(=O)NCc2ccc(S(C)(=O)=O)cc2)c(=O)n1-c1cccc(C(F)(F)F)c1.O=S(=O)([O-])c1ccccc1. The third-order valence-corrected chi connectivity index (χ3v) is 10.2. The molecule has 2 aromatic heterocycles. The van der Waals surface area contributed by atoms with E-state index in [1.54, 1.807) is 58.9 Å². The monoisotopic (exact) mass is 792 g/mol. The largest absolute Gasteiger partial charge is 0.744 e. The van der Waals surface area contributed by atoms with E-state index in [-0.39, 0.29) is 33.4 Å². The van der Waals surface area contributed by atoms with E-state index in [4.69, 9.17) is 0 Å². The lowest BCUT2D eigenvalue weighted by Crippen LogP contribution is -2.38. The number of carbonyl (C=O) groups excluding carboxylic acids is 1. The van der Waals surface area contributed by atoms with E-state index in [0.717, 1.165) is 27.5 Å². The van der Waals surface area contributed by atoms with Crippen molar-refractivity contribution in [2.24, 2.45) is 7.05 Å². The number of imidazole rings is 2. The van der Waals surface area contributed by atoms with Crippen LogP contribution in [0.1, 0.15) is 22.4 Å². The zero-order valence-corrected chi connectivity index (χ0v) is 30.9. The second kappa shape index (κ2) is 15.6. The summed E-state index contributed by atoms with van der Waals surface area (Å²) in [5.74, 6) is 0.354. The van der Waals surface area contributed by atoms with E-state index < -0.39 is 43.4 Å². The van der Waals surface area contributed by atoms with E-state index in [2.05, 4.69) is 5.32 Å². The van der Waals surface area contributed by atoms with Gasteiger partial charge in [0.2, 0.25) is 0 Å². The number of aromatic nitrogens is 4. The summed E-state index contributed by atoms with van der Waals surface area (Å²) in [6.45, 7) is 1.45. The van der Waals surface area contributed by atoms with Crippen molar-refractivity contribution < 1.29 is 43.9 Å². The molecule has 284 valence electrons. The zero-order valence-electron chi connectivity index (χ0n) is 29.2. The van der Waals surface area contributed by atoms with Crippen molar-refractivity contribution in [2.75, 3.05) is 6.26 Å². The first-order valence-corrected chi connectivity index (χ1v) is 19.3. The Hall–Kier alpha value is -6.29. The van der Waals surface area contributed by atoms with E-state index >= 15 is 0 Å². The topological polar surface area (TPSA) is 180 Å². The number of nitrogens with zero attached hydrogens (tertiary/aromatic N) is 5. The van der Waals surface area contributed by atoms with Crippen LogP contribution in [0, 0.1) is 18.3 Å². The van der Waals surface area contributed by atoms with Gasteiger partial charge in [0.1, 0.15) is 28.2 Å². The van der Waals surface area contributed by atoms with E-state index in [0.29, 0.717) is 22.6 Å². The number of aryl methyl sites for hydroxylation is 1. The van der Waals surface area contributed by atoms with Crippen LogP contribution in [0.4, 0.5) is 18.0 Å². The Bertz CT molecular complexity index is 2700. The van der Waals surface area contributed by atoms with Gasteiger partial charge in [0.05, 0.1) is 45.4 Å². The maximum atomic E-state index is 14.0. The molecule has 0 unspecified atom stereocenters. The minimum atomic E-state index is -4.67. The van der Waals surface area contributed by atoms with Gasteiger partial charge in [-0.1, -0.05) is 36.4 Å². The molecule has 6 rings (SSSR count). The molecule has 0 bridgehead atoms. The normalized spacial score (nSPS) is 11.7. The average molecular weight is 793 g/mol. The Morgan fingerprint density at radius 1 is 0.891 bits per heavy atom. The number of nitrogens with one attached hydrogen (secondary N) is 1. The molecule has 1 N–H and O–H groups in total. The highest BCUT2D eigenvalue weighted by Crippen LogP contribution is 2.31. The van der Waals surface area contributed by atoms with Crippen LogP contribution in [0.2, 0.25) is 0 Å². The van der Waals surface area contributed by atoms with Gasteiger partial charge < -0.3 is 9.87 Å². The summed E-state index contributed by atoms with van der Waals surface area (Å²) in [6, 6.07) is 25.0. The number of hydrogen-bond acceptors (Lipinski definition) is 8. The number of halogens is 3. The van der Waals surface area contributed by atoms with Gasteiger partial charge in [-0.15, -0.1) is 0 Å². The minimum absolute atomic E-state index is 0.0781. The Balaban J connectivity index is 0.000000504. The average Bonchev–Trinajstić information content (AvgIpc) is 3.64. The number of rotatable bonds is 7. The molecule has 0 aliphatic rings. The molecule has 6 aromatic rings. The van der Waals surface area contributed by atoms with Crippen LogP contribution >= 0.6 is 0 Å². The summed E-state index contributed by atoms with van der Waals surface area (Å²) in [7, 11) is -6.00. The molecule has 55 heavy (non-hydrogen) atoms. The van der Waals surface area contributed by atoms with Gasteiger partial charge in [-0.05, 0) is 79.2 Å². The molecule has 0 aliphatic heterocycles. The van der Waals surface area contributed by atoms with Gasteiger partial charge in [0, 0.05) is 12.8 Å². The van der Waals surface area contributed by atoms with Gasteiger partial charge in [-0.3, -0.25) is 4.57 Å². The highest BCUT2D eigenvalue weighted by molar-refractivity contribution is 7.90. The van der Waals surface area contributed by atoms with E-state index in [1.807, 2.05) is 6.07 Å². The fraction of sp³-hybridized carbons (Fsp3) is 0.135. The fourth-order valence-electron chi connectivity index (χ4n) is 5.54. The van der Waals surface area contributed by atoms with Crippen LogP contribution in [0.5, 0.6) is 0 Å². The molecule has 0 spiro atoms. The maximum Gasteiger partial charge on any atom is 0.416 e. The molecule has 0 saturated heterocycles. The lowest BCUT2D eigenvalue weighted by Gasteiger charge is -2.10. The molecule has 1 amide bonds. The zero-order chi connectivity index (χ0) is 40.3. The molecular weight excluding hydrogens is 762 g/mol. The quantitative estimate of drug-likeness (QED) is 0.176. The number of alkyl halides is 3. The van der Waals surface area contributed by atoms with Crippen molar-refractivity contribution >= 4 is 26.0 Å². The van der Waals surface area contributed by atoms with Crippen LogP contribution < -0.4 is 15.6 Å². The maximum absolute atomic E-state index is 14.0. The lowest BCUT2D eigenvalue weighted by atomic mass is 10.2. The summed E-state index contributed by atoms with van der Waals surface area (Å²) in [6.07, 6.45) is -0.221. The van der Waals surface area contributed by atoms with Crippen LogP contribution in [0.3, 0.4) is 0 Å². The highest BCUT2D eigenvalue weighted by atomic mass is 32.2. The standard InChI is InChI=1S/C31H25F3N6O4S.C6H6O3S/c1-20-27(28-37(2)15-16-38(28)24-11-7-21(18-35)8-12-24)40(29(41)36-19-22-9-13-26(14-10-22)45(3,43)44)30(42)39(20)25-6-4-5-23(17-25)31(32,33)34;7-10(8,9)6-4-2-1-3-5-6/h4-17H,19H2,1-3H3;1-5H,(H,7,8,9). The molecule has 13 nitrogen and oxygen atoms in total. The summed E-state index contributed by atoms with van der Waals surface area (Å²) in [4.78, 5) is 27.6. The van der Waals surface area contributed by atoms with Crippen molar-refractivity contribution in [1.82, 2.24) is 19.0 Å². The number of nitriles is 1. The number of carbonyl (C=O) groups is 1. The van der Waals surface area contributed by atoms with Crippen molar-refractivity contribution in [3.8, 4) is 29.0 Å². The number of benzene rings is 4. The first-order chi connectivity index (χ1) is 25.8. The molecule has 0 fully saturated rings. The van der Waals surface area contributed by atoms with Crippen LogP contribution in [0.15, 0.2) is 130 Å². The molecule has 0 saturated carbocycles. The molecule has 2 heterocycles. The third-order valence-electron chi connectivity index (χ3n) is 8.23. The number of amides is 1. The molecule has 0 atom stereocenters. The second-order valence-electron chi connectivity index (χ2n) is 12.0. The van der Waals surface area contributed by atoms with Crippen molar-refractivity contribution in [2.45, 2.75) is 29.4 Å². The Kier molecular flexibility index (Phi) is 11.3. The van der Waals surface area contributed by atoms with Gasteiger partial charge in [0.15, 0.2) is 15.5 Å². The van der Waals surface area contributed by atoms with Gasteiger partial charge in [0.25, 0.3) is 0 Å². The summed E-state index contributed by atoms with van der Waals surface area (Å²) < 4.78 is 101. The fourth-order valence-corrected chi connectivity index (χ4v) is 6.67. The molecule has 0 aliphatic carbocycles. The van der Waals surface area contributed by atoms with Crippen LogP contribution in [-0.4, -0.2) is 47.4 Å². The minimum Gasteiger partial charge on any atom is -0.744 e. The molecule has 18 heteroatoms. The van der Waals surface area contributed by atoms with Crippen LogP contribution in [0.25, 0.3) is 22.9 Å². The van der Waals surface area contributed by atoms with Gasteiger partial charge >= 0.3 is 23.7 Å². The highest BCUT2D eigenvalue weighted by Gasteiger charge is 2.34. The van der Waals surface area contributed by atoms with Crippen molar-refractivity contribution in [3.63, 3.8) is 0 Å². The summed E-state index contributed by atoms with van der Waals surface area (Å²) in [5.41, 5.74) is -0.0870. The predicted molar refractivity (Wildman–Crippen MR) is 192 cm³/mol. The summed E-state index contributed by atoms with van der Waals surface area (Å²) >= 11 is 0. The first kappa shape index (κ1) is 39.9. The van der Waals surface area contributed by atoms with Crippen molar-refractivity contribution in [3.05, 3.63) is 148 Å². The number of hydrogen-bond donors (Lipinski definition) is 1. The van der Waals surface area contributed by atoms with Gasteiger partial charge in [-0.25, -0.2) is 35.6 Å². The van der Waals surface area contributed by atoms with Crippen LogP contribution in [-0.2, 0) is 39.7 Å². The summed E-state index contributed by atoms with van der Waals surface area (Å²) in [5, 5.41) is 11.9. The lowest BCUT2D eigenvalue weighted by molar-refractivity contribution is -0.659. The smallest absolute Gasteiger partial charge is 0.416 e.